The average Bonchev–Trinajstić information content (AvgIpc) is 4.42. The quantitative estimate of drug-likeness (QED) is 0.0337. The number of nitrogens with two attached hydrogens (primary N) is 1. The lowest BCUT2D eigenvalue weighted by Crippen LogP contribution is -2.47. The molecule has 81 heavy (non-hydrogen) atoms. The molecular weight excluding hydrogens is 1080 g/mol. The molecule has 2 aliphatic rings. The summed E-state index contributed by atoms with van der Waals surface area (Å²) in [7, 11) is -7.94. The van der Waals surface area contributed by atoms with Crippen LogP contribution in [0, 0.1) is 35.0 Å². The molecule has 6 aromatic rings. The zero-order valence-corrected chi connectivity index (χ0v) is 49.6. The zero-order chi connectivity index (χ0) is 59.0. The van der Waals surface area contributed by atoms with Crippen molar-refractivity contribution in [3.8, 4) is 6.07 Å². The van der Waals surface area contributed by atoms with E-state index < -0.39 is 50.2 Å². The highest BCUT2D eigenvalue weighted by molar-refractivity contribution is 7.89. The van der Waals surface area contributed by atoms with Gasteiger partial charge in [0.05, 0.1) is 47.7 Å². The molecule has 0 bridgehead atoms. The smallest absolute Gasteiger partial charge is 0.306 e. The Bertz CT molecular complexity index is 3190. The standard InChI is InChI=1S/C33H45N3O8S.C24H34N4O4S.C2H3N/c1-21(2)19-36(45(39,40)25-10-11-27-30(18-25)44-33(35-27)34-22(3)4)20-28(37)24(16-23-8-6-5-7-9-23)17-31(38)43-29-13-15-42-32-26(29)12-14-41-32;1-16(2)14-28(15-22(29)20(25)12-18-8-6-5-7-9-18)33(30,31)19-10-11-21-23(13-19)32-24(27-21)26-17(3)4;1-2-3/h5-11,18,21-22,24,26,28-29,32,37H,12-17,19-20H2,1-4H3,(H,34,35);5-11,13,16-17,20,22,29H,12,14-15,25H2,1-4H3,(H,26,27);1H3/t24-,26+,28-,29+,32-;20-,22+;/m10./s1. The molecule has 8 rings (SSSR count). The van der Waals surface area contributed by atoms with Crippen molar-refractivity contribution in [2.24, 2.45) is 29.4 Å². The normalized spacial score (nSPS) is 18.0. The zero-order valence-electron chi connectivity index (χ0n) is 48.0. The number of fused-ring (bicyclic) bond motifs is 3. The summed E-state index contributed by atoms with van der Waals surface area (Å²) < 4.78 is 86.4. The number of carbonyl (C=O) groups excluding carboxylic acids is 1. The average molecular weight is 1160 g/mol. The second-order valence-corrected chi connectivity index (χ2v) is 25.9. The largest absolute Gasteiger partial charge is 0.462 e. The van der Waals surface area contributed by atoms with E-state index in [0.29, 0.717) is 66.7 Å². The molecule has 2 fully saturated rings. The van der Waals surface area contributed by atoms with E-state index in [1.807, 2.05) is 116 Å². The molecule has 2 saturated heterocycles. The summed E-state index contributed by atoms with van der Waals surface area (Å²) in [5.74, 6) is -0.969. The first kappa shape index (κ1) is 64.2. The number of carbonyl (C=O) groups is 1. The number of ether oxygens (including phenoxy) is 3. The van der Waals surface area contributed by atoms with Crippen molar-refractivity contribution in [3.05, 3.63) is 108 Å². The number of nitriles is 1. The molecule has 0 spiro atoms. The molecule has 0 unspecified atom stereocenters. The van der Waals surface area contributed by atoms with Gasteiger partial charge in [-0.3, -0.25) is 4.79 Å². The Balaban J connectivity index is 0.000000260. The topological polar surface area (TPSA) is 286 Å². The van der Waals surface area contributed by atoms with Gasteiger partial charge in [-0.25, -0.2) is 16.8 Å². The van der Waals surface area contributed by atoms with Gasteiger partial charge in [0.1, 0.15) is 17.1 Å². The van der Waals surface area contributed by atoms with Crippen molar-refractivity contribution in [2.45, 2.75) is 147 Å². The Labute approximate surface area is 477 Å². The summed E-state index contributed by atoms with van der Waals surface area (Å²) in [5, 5.41) is 35.9. The fourth-order valence-electron chi connectivity index (χ4n) is 9.59. The molecule has 0 saturated carbocycles. The van der Waals surface area contributed by atoms with Crippen molar-refractivity contribution in [3.63, 3.8) is 0 Å². The van der Waals surface area contributed by atoms with Crippen LogP contribution >= 0.6 is 0 Å². The second kappa shape index (κ2) is 29.8. The Morgan fingerprint density at radius 3 is 1.59 bits per heavy atom. The van der Waals surface area contributed by atoms with Gasteiger partial charge in [0, 0.05) is 81.6 Å². The van der Waals surface area contributed by atoms with Crippen LogP contribution in [-0.2, 0) is 51.9 Å². The van der Waals surface area contributed by atoms with Crippen molar-refractivity contribution in [1.82, 2.24) is 18.6 Å². The van der Waals surface area contributed by atoms with E-state index in [0.717, 1.165) is 17.5 Å². The number of benzene rings is 4. The second-order valence-electron chi connectivity index (χ2n) is 22.1. The van der Waals surface area contributed by atoms with Gasteiger partial charge in [0.15, 0.2) is 17.5 Å². The van der Waals surface area contributed by atoms with Gasteiger partial charge in [-0.2, -0.15) is 23.8 Å². The Kier molecular flexibility index (Phi) is 23.6. The molecule has 0 amide bonds. The number of aliphatic hydroxyl groups excluding tert-OH is 2. The lowest BCUT2D eigenvalue weighted by Gasteiger charge is -2.33. The van der Waals surface area contributed by atoms with Crippen LogP contribution in [0.1, 0.15) is 92.7 Å². The van der Waals surface area contributed by atoms with E-state index in [9.17, 15) is 31.8 Å². The number of aliphatic hydroxyl groups is 2. The van der Waals surface area contributed by atoms with E-state index >= 15 is 0 Å². The van der Waals surface area contributed by atoms with Gasteiger partial charge in [0.2, 0.25) is 20.0 Å². The predicted molar refractivity (Wildman–Crippen MR) is 311 cm³/mol. The van der Waals surface area contributed by atoms with Crippen molar-refractivity contribution < 1.29 is 54.9 Å². The van der Waals surface area contributed by atoms with E-state index in [2.05, 4.69) is 20.6 Å². The van der Waals surface area contributed by atoms with E-state index in [4.69, 9.17) is 34.0 Å². The monoisotopic (exact) mass is 1160 g/mol. The van der Waals surface area contributed by atoms with Gasteiger partial charge in [-0.15, -0.1) is 0 Å². The van der Waals surface area contributed by atoms with Crippen LogP contribution in [0.3, 0.4) is 0 Å². The number of hydrogen-bond acceptors (Lipinski definition) is 18. The molecule has 442 valence electrons. The van der Waals surface area contributed by atoms with Crippen molar-refractivity contribution in [1.29, 1.82) is 5.26 Å². The third kappa shape index (κ3) is 18.5. The van der Waals surface area contributed by atoms with Crippen molar-refractivity contribution in [2.75, 3.05) is 50.0 Å². The molecule has 6 N–H and O–H groups in total. The predicted octanol–water partition coefficient (Wildman–Crippen LogP) is 8.35. The highest BCUT2D eigenvalue weighted by atomic mass is 32.2. The van der Waals surface area contributed by atoms with Gasteiger partial charge in [-0.1, -0.05) is 88.4 Å². The summed E-state index contributed by atoms with van der Waals surface area (Å²) in [4.78, 5) is 22.2. The van der Waals surface area contributed by atoms with Gasteiger partial charge in [-0.05, 0) is 94.2 Å². The van der Waals surface area contributed by atoms with Gasteiger partial charge < -0.3 is 49.6 Å². The van der Waals surface area contributed by atoms with Crippen LogP contribution in [0.15, 0.2) is 116 Å². The molecule has 22 heteroatoms. The maximum atomic E-state index is 14.0. The number of nitrogens with zero attached hydrogens (tertiary/aromatic N) is 5. The third-order valence-electron chi connectivity index (χ3n) is 13.4. The van der Waals surface area contributed by atoms with E-state index in [1.54, 1.807) is 18.2 Å². The number of rotatable bonds is 25. The van der Waals surface area contributed by atoms with Crippen LogP contribution in [0.25, 0.3) is 22.2 Å². The third-order valence-corrected chi connectivity index (χ3v) is 17.0. The number of nitrogens with one attached hydrogen (secondary N) is 2. The number of esters is 1. The van der Waals surface area contributed by atoms with Crippen LogP contribution in [0.4, 0.5) is 12.0 Å². The van der Waals surface area contributed by atoms with Gasteiger partial charge in [0.25, 0.3) is 12.0 Å². The highest BCUT2D eigenvalue weighted by Crippen LogP contribution is 2.34. The van der Waals surface area contributed by atoms with Crippen LogP contribution in [-0.4, -0.2) is 134 Å². The van der Waals surface area contributed by atoms with E-state index in [-0.39, 0.29) is 84.6 Å². The number of oxazole rings is 2. The fourth-order valence-corrected chi connectivity index (χ4v) is 12.9. The maximum Gasteiger partial charge on any atom is 0.306 e. The van der Waals surface area contributed by atoms with Crippen LogP contribution < -0.4 is 16.4 Å². The molecule has 0 radical (unpaired) electrons. The summed E-state index contributed by atoms with van der Waals surface area (Å²) in [6, 6.07) is 30.4. The Morgan fingerprint density at radius 2 is 1.14 bits per heavy atom. The maximum absolute atomic E-state index is 14.0. The molecular formula is C59H82N8O12S2. The highest BCUT2D eigenvalue weighted by Gasteiger charge is 2.42. The lowest BCUT2D eigenvalue weighted by atomic mass is 9.90. The SMILES string of the molecule is CC#N.CC(C)CN(C[C@@H](O)[C@@H](CC(=O)O[C@H]1CCO[C@H]2OCC[C@H]21)Cc1ccccc1)S(=O)(=O)c1ccc2nc(NC(C)C)oc2c1.CC(C)CN(C[C@@H](O)[C@@H](N)Cc1ccccc1)S(=O)(=O)c1ccc2nc(NC(C)C)oc2c1. The number of sulfonamides is 2. The lowest BCUT2D eigenvalue weighted by molar-refractivity contribution is -0.195. The molecule has 20 nitrogen and oxygen atoms in total. The molecule has 4 heterocycles. The van der Waals surface area contributed by atoms with Crippen LogP contribution in [0.2, 0.25) is 0 Å². The molecule has 7 atom stereocenters. The number of hydrogen-bond donors (Lipinski definition) is 5. The molecule has 4 aromatic carbocycles. The minimum Gasteiger partial charge on any atom is -0.462 e. The summed E-state index contributed by atoms with van der Waals surface area (Å²) in [6.45, 7) is 18.1. The summed E-state index contributed by atoms with van der Waals surface area (Å²) in [5.41, 5.74) is 9.98. The molecule has 2 aromatic heterocycles. The van der Waals surface area contributed by atoms with Crippen molar-refractivity contribution >= 4 is 60.2 Å². The Hall–Kier alpha value is -6.00. The molecule has 2 aliphatic heterocycles. The fraction of sp³-hybridized carbons (Fsp3) is 0.525. The first-order valence-corrected chi connectivity index (χ1v) is 30.6. The Morgan fingerprint density at radius 1 is 0.691 bits per heavy atom. The summed E-state index contributed by atoms with van der Waals surface area (Å²) in [6.07, 6.45) is -0.702. The number of aromatic nitrogens is 2. The first-order chi connectivity index (χ1) is 38.5. The first-order valence-electron chi connectivity index (χ1n) is 27.7. The van der Waals surface area contributed by atoms with Gasteiger partial charge >= 0.3 is 5.97 Å². The van der Waals surface area contributed by atoms with E-state index in [1.165, 1.54) is 39.8 Å². The minimum atomic E-state index is -4.04. The molecule has 0 aliphatic carbocycles. The summed E-state index contributed by atoms with van der Waals surface area (Å²) >= 11 is 0. The minimum absolute atomic E-state index is 0.00851. The van der Waals surface area contributed by atoms with Crippen LogP contribution in [0.5, 0.6) is 0 Å². The number of anilines is 2.